The number of hydrazone groups is 1. The van der Waals surface area contributed by atoms with E-state index in [1.165, 1.54) is 18.3 Å². The van der Waals surface area contributed by atoms with Gasteiger partial charge < -0.3 is 5.11 Å². The van der Waals surface area contributed by atoms with E-state index in [1.807, 2.05) is 30.3 Å². The summed E-state index contributed by atoms with van der Waals surface area (Å²) in [6, 6.07) is 11.9. The van der Waals surface area contributed by atoms with Crippen LogP contribution in [-0.4, -0.2) is 21.2 Å². The molecule has 0 amide bonds. The zero-order valence-corrected chi connectivity index (χ0v) is 13.8. The maximum atomic E-state index is 10.9. The van der Waals surface area contributed by atoms with E-state index >= 15 is 0 Å². The Morgan fingerprint density at radius 3 is 2.88 bits per heavy atom. The normalized spacial score (nSPS) is 11.0. The highest BCUT2D eigenvalue weighted by Crippen LogP contribution is 2.31. The van der Waals surface area contributed by atoms with Gasteiger partial charge in [-0.1, -0.05) is 18.2 Å². The zero-order valence-electron chi connectivity index (χ0n) is 12.2. The molecule has 8 heteroatoms. The molecule has 24 heavy (non-hydrogen) atoms. The lowest BCUT2D eigenvalue weighted by Crippen LogP contribution is -1.95. The SMILES string of the molecule is O=[N+]([O-])c1cc(Br)c(O)c(C=NNc2cccc3cccnc23)c1. The molecule has 2 N–H and O–H groups in total. The first-order chi connectivity index (χ1) is 11.6. The molecule has 0 aliphatic rings. The molecular formula is C16H11BrN4O3. The first kappa shape index (κ1) is 15.9. The average molecular weight is 387 g/mol. The van der Waals surface area contributed by atoms with Gasteiger partial charge in [0.2, 0.25) is 0 Å². The van der Waals surface area contributed by atoms with E-state index in [9.17, 15) is 15.2 Å². The van der Waals surface area contributed by atoms with Crippen LogP contribution in [-0.2, 0) is 0 Å². The molecule has 2 aromatic carbocycles. The second-order valence-corrected chi connectivity index (χ2v) is 5.73. The van der Waals surface area contributed by atoms with Crippen LogP contribution in [0.25, 0.3) is 10.9 Å². The number of para-hydroxylation sites is 1. The van der Waals surface area contributed by atoms with E-state index in [-0.39, 0.29) is 21.5 Å². The van der Waals surface area contributed by atoms with Gasteiger partial charge in [-0.15, -0.1) is 0 Å². The highest BCUT2D eigenvalue weighted by molar-refractivity contribution is 9.10. The van der Waals surface area contributed by atoms with Crippen molar-refractivity contribution in [3.63, 3.8) is 0 Å². The number of hydrogen-bond donors (Lipinski definition) is 2. The fourth-order valence-corrected chi connectivity index (χ4v) is 2.64. The van der Waals surface area contributed by atoms with E-state index in [0.29, 0.717) is 5.69 Å². The van der Waals surface area contributed by atoms with E-state index in [4.69, 9.17) is 0 Å². The molecule has 0 saturated heterocycles. The Morgan fingerprint density at radius 1 is 1.29 bits per heavy atom. The van der Waals surface area contributed by atoms with Crippen LogP contribution in [0.15, 0.2) is 58.2 Å². The lowest BCUT2D eigenvalue weighted by Gasteiger charge is -2.05. The highest BCUT2D eigenvalue weighted by Gasteiger charge is 2.13. The Bertz CT molecular complexity index is 954. The van der Waals surface area contributed by atoms with Crippen molar-refractivity contribution in [1.29, 1.82) is 0 Å². The predicted octanol–water partition coefficient (Wildman–Crippen LogP) is 4.06. The summed E-state index contributed by atoms with van der Waals surface area (Å²) >= 11 is 3.09. The van der Waals surface area contributed by atoms with Crippen LogP contribution in [0.5, 0.6) is 5.75 Å². The molecule has 0 radical (unpaired) electrons. The second kappa shape index (κ2) is 6.63. The number of nitrogens with one attached hydrogen (secondary N) is 1. The number of anilines is 1. The van der Waals surface area contributed by atoms with Crippen molar-refractivity contribution in [2.45, 2.75) is 0 Å². The molecule has 120 valence electrons. The molecule has 0 atom stereocenters. The molecule has 7 nitrogen and oxygen atoms in total. The summed E-state index contributed by atoms with van der Waals surface area (Å²) in [7, 11) is 0. The summed E-state index contributed by atoms with van der Waals surface area (Å²) in [5.74, 6) is -0.123. The molecule has 0 aliphatic heterocycles. The number of halogens is 1. The van der Waals surface area contributed by atoms with Crippen LogP contribution in [0.3, 0.4) is 0 Å². The number of phenolic OH excluding ortho intramolecular Hbond substituents is 1. The number of nitrogens with zero attached hydrogens (tertiary/aromatic N) is 3. The molecular weight excluding hydrogens is 376 g/mol. The van der Waals surface area contributed by atoms with Crippen molar-refractivity contribution >= 4 is 44.4 Å². The van der Waals surface area contributed by atoms with Crippen LogP contribution in [0.4, 0.5) is 11.4 Å². The van der Waals surface area contributed by atoms with Gasteiger partial charge in [0.1, 0.15) is 5.75 Å². The number of hydrogen-bond acceptors (Lipinski definition) is 6. The quantitative estimate of drug-likeness (QED) is 0.400. The number of non-ortho nitro benzene ring substituents is 1. The third-order valence-corrected chi connectivity index (χ3v) is 3.91. The summed E-state index contributed by atoms with van der Waals surface area (Å²) in [6.07, 6.45) is 3.00. The van der Waals surface area contributed by atoms with Gasteiger partial charge in [-0.2, -0.15) is 5.10 Å². The summed E-state index contributed by atoms with van der Waals surface area (Å²) in [5.41, 5.74) is 4.36. The van der Waals surface area contributed by atoms with Gasteiger partial charge >= 0.3 is 0 Å². The molecule has 0 unspecified atom stereocenters. The van der Waals surface area contributed by atoms with Gasteiger partial charge in [-0.3, -0.25) is 20.5 Å². The molecule has 0 bridgehead atoms. The summed E-state index contributed by atoms with van der Waals surface area (Å²) in [5, 5.41) is 25.9. The number of aromatic nitrogens is 1. The van der Waals surface area contributed by atoms with Crippen LogP contribution < -0.4 is 5.43 Å². The topological polar surface area (TPSA) is 101 Å². The van der Waals surface area contributed by atoms with Gasteiger partial charge in [0.25, 0.3) is 5.69 Å². The van der Waals surface area contributed by atoms with Crippen LogP contribution in [0, 0.1) is 10.1 Å². The smallest absolute Gasteiger partial charge is 0.271 e. The Kier molecular flexibility index (Phi) is 4.39. The summed E-state index contributed by atoms with van der Waals surface area (Å²) in [4.78, 5) is 14.6. The number of aromatic hydroxyl groups is 1. The predicted molar refractivity (Wildman–Crippen MR) is 95.4 cm³/mol. The van der Waals surface area contributed by atoms with Crippen molar-refractivity contribution in [1.82, 2.24) is 4.98 Å². The number of fused-ring (bicyclic) bond motifs is 1. The first-order valence-corrected chi connectivity index (χ1v) is 7.65. The lowest BCUT2D eigenvalue weighted by molar-refractivity contribution is -0.385. The number of phenols is 1. The van der Waals surface area contributed by atoms with Gasteiger partial charge in [0.15, 0.2) is 0 Å². The van der Waals surface area contributed by atoms with Crippen molar-refractivity contribution < 1.29 is 10.0 Å². The molecule has 1 aromatic heterocycles. The lowest BCUT2D eigenvalue weighted by atomic mass is 10.2. The minimum Gasteiger partial charge on any atom is -0.506 e. The second-order valence-electron chi connectivity index (χ2n) is 4.87. The Hall–Kier alpha value is -3.00. The zero-order chi connectivity index (χ0) is 17.1. The highest BCUT2D eigenvalue weighted by atomic mass is 79.9. The van der Waals surface area contributed by atoms with Gasteiger partial charge in [-0.05, 0) is 28.1 Å². The largest absolute Gasteiger partial charge is 0.506 e. The standard InChI is InChI=1S/C16H11BrN4O3/c17-13-8-12(21(23)24)7-11(16(13)22)9-19-20-14-5-1-3-10-4-2-6-18-15(10)14/h1-9,20,22H. The Balaban J connectivity index is 1.90. The summed E-state index contributed by atoms with van der Waals surface area (Å²) < 4.78 is 0.227. The minimum absolute atomic E-state index is 0.123. The third kappa shape index (κ3) is 3.18. The number of rotatable bonds is 4. The minimum atomic E-state index is -0.538. The Morgan fingerprint density at radius 2 is 2.08 bits per heavy atom. The van der Waals surface area contributed by atoms with E-state index in [0.717, 1.165) is 10.9 Å². The molecule has 0 aliphatic carbocycles. The average Bonchev–Trinajstić information content (AvgIpc) is 2.58. The number of nitro groups is 1. The number of pyridine rings is 1. The van der Waals surface area contributed by atoms with Crippen LogP contribution in [0.1, 0.15) is 5.56 Å². The van der Waals surface area contributed by atoms with E-state index in [1.54, 1.807) is 6.20 Å². The van der Waals surface area contributed by atoms with Gasteiger partial charge in [0.05, 0.1) is 26.8 Å². The molecule has 0 spiro atoms. The molecule has 3 aromatic rings. The number of nitro benzene ring substituents is 1. The maximum Gasteiger partial charge on any atom is 0.271 e. The van der Waals surface area contributed by atoms with Crippen molar-refractivity contribution in [3.8, 4) is 5.75 Å². The Labute approximate surface area is 144 Å². The monoisotopic (exact) mass is 386 g/mol. The van der Waals surface area contributed by atoms with Crippen molar-refractivity contribution in [2.75, 3.05) is 5.43 Å². The molecule has 0 saturated carbocycles. The fourth-order valence-electron chi connectivity index (χ4n) is 2.18. The third-order valence-electron chi connectivity index (χ3n) is 3.31. The van der Waals surface area contributed by atoms with Crippen LogP contribution in [0.2, 0.25) is 0 Å². The van der Waals surface area contributed by atoms with Gasteiger partial charge in [-0.25, -0.2) is 0 Å². The molecule has 3 rings (SSSR count). The van der Waals surface area contributed by atoms with E-state index in [2.05, 4.69) is 31.4 Å². The fraction of sp³-hybridized carbons (Fsp3) is 0. The van der Waals surface area contributed by atoms with Crippen molar-refractivity contribution in [3.05, 3.63) is 68.8 Å². The number of benzene rings is 2. The molecule has 0 fully saturated rings. The van der Waals surface area contributed by atoms with E-state index < -0.39 is 4.92 Å². The van der Waals surface area contributed by atoms with Gasteiger partial charge in [0, 0.05) is 29.3 Å². The first-order valence-electron chi connectivity index (χ1n) is 6.86. The van der Waals surface area contributed by atoms with Crippen molar-refractivity contribution in [2.24, 2.45) is 5.10 Å². The van der Waals surface area contributed by atoms with Crippen LogP contribution >= 0.6 is 15.9 Å². The summed E-state index contributed by atoms with van der Waals surface area (Å²) in [6.45, 7) is 0. The maximum absolute atomic E-state index is 10.9. The molecule has 1 heterocycles.